The van der Waals surface area contributed by atoms with E-state index in [-0.39, 0.29) is 5.78 Å². The van der Waals surface area contributed by atoms with Crippen molar-refractivity contribution in [2.75, 3.05) is 18.5 Å². The van der Waals surface area contributed by atoms with Gasteiger partial charge in [-0.15, -0.1) is 0 Å². The maximum atomic E-state index is 13.4. The van der Waals surface area contributed by atoms with E-state index in [0.29, 0.717) is 23.1 Å². The van der Waals surface area contributed by atoms with Gasteiger partial charge in [0.1, 0.15) is 5.82 Å². The zero-order valence-electron chi connectivity index (χ0n) is 26.7. The molecule has 0 spiro atoms. The van der Waals surface area contributed by atoms with Crippen LogP contribution in [0, 0.1) is 5.92 Å². The lowest BCUT2D eigenvalue weighted by atomic mass is 9.93. The van der Waals surface area contributed by atoms with Gasteiger partial charge in [0.2, 0.25) is 0 Å². The van der Waals surface area contributed by atoms with E-state index < -0.39 is 0 Å². The molecule has 2 heterocycles. The number of hydrogen-bond donors (Lipinski definition) is 1. The van der Waals surface area contributed by atoms with E-state index in [1.807, 2.05) is 38.3 Å². The molecule has 2 N–H and O–H groups in total. The average molecular weight is 587 g/mol. The van der Waals surface area contributed by atoms with Gasteiger partial charge in [-0.2, -0.15) is 0 Å². The van der Waals surface area contributed by atoms with Gasteiger partial charge >= 0.3 is 0 Å². The molecule has 1 aliphatic heterocycles. The summed E-state index contributed by atoms with van der Waals surface area (Å²) < 4.78 is 0. The molecule has 1 aliphatic rings. The zero-order valence-corrected chi connectivity index (χ0v) is 26.7. The van der Waals surface area contributed by atoms with Crippen LogP contribution in [-0.2, 0) is 6.42 Å². The molecule has 228 valence electrons. The van der Waals surface area contributed by atoms with Crippen LogP contribution in [0.2, 0.25) is 0 Å². The maximum absolute atomic E-state index is 13.4. The van der Waals surface area contributed by atoms with Crippen LogP contribution >= 0.6 is 0 Å². The minimum absolute atomic E-state index is 0.0758. The van der Waals surface area contributed by atoms with Crippen molar-refractivity contribution >= 4 is 28.8 Å². The zero-order chi connectivity index (χ0) is 31.3. The van der Waals surface area contributed by atoms with Gasteiger partial charge in [-0.3, -0.25) is 4.79 Å². The Morgan fingerprint density at radius 2 is 1.93 bits per heavy atom. The third-order valence-corrected chi connectivity index (χ3v) is 8.01. The molecule has 0 saturated carbocycles. The molecule has 1 atom stereocenters. The van der Waals surface area contributed by atoms with Gasteiger partial charge in [-0.1, -0.05) is 86.7 Å². The van der Waals surface area contributed by atoms with Gasteiger partial charge < -0.3 is 10.6 Å². The first-order chi connectivity index (χ1) is 21.4. The normalized spacial score (nSPS) is 16.5. The highest BCUT2D eigenvalue weighted by Gasteiger charge is 2.21. The van der Waals surface area contributed by atoms with Crippen LogP contribution in [0.3, 0.4) is 0 Å². The molecule has 5 heteroatoms. The van der Waals surface area contributed by atoms with Crippen molar-refractivity contribution < 1.29 is 4.79 Å². The summed E-state index contributed by atoms with van der Waals surface area (Å²) in [4.78, 5) is 24.6. The topological polar surface area (TPSA) is 72.1 Å². The second-order valence-electron chi connectivity index (χ2n) is 11.6. The Morgan fingerprint density at radius 1 is 1.11 bits per heavy atom. The first-order valence-electron chi connectivity index (χ1n) is 15.8. The first kappa shape index (κ1) is 32.4. The van der Waals surface area contributed by atoms with E-state index in [0.717, 1.165) is 73.0 Å². The summed E-state index contributed by atoms with van der Waals surface area (Å²) in [6.07, 6.45) is 21.4. The number of fused-ring (bicyclic) bond motifs is 1. The molecule has 44 heavy (non-hydrogen) atoms. The molecule has 0 amide bonds. The summed E-state index contributed by atoms with van der Waals surface area (Å²) in [5, 5.41) is 0. The molecule has 0 saturated heterocycles. The van der Waals surface area contributed by atoms with Crippen LogP contribution < -0.4 is 10.6 Å². The fraction of sp³-hybridized carbons (Fsp3) is 0.308. The van der Waals surface area contributed by atoms with Gasteiger partial charge in [0, 0.05) is 25.5 Å². The molecular weight excluding hydrogens is 540 g/mol. The van der Waals surface area contributed by atoms with Crippen molar-refractivity contribution in [3.05, 3.63) is 131 Å². The third kappa shape index (κ3) is 9.24. The highest BCUT2D eigenvalue weighted by atomic mass is 16.1. The predicted octanol–water partition coefficient (Wildman–Crippen LogP) is 8.86. The number of benzene rings is 2. The molecule has 2 aromatic carbocycles. The third-order valence-electron chi connectivity index (χ3n) is 8.01. The molecule has 0 bridgehead atoms. The molecule has 4 rings (SSSR count). The number of allylic oxidation sites excluding steroid dienone is 8. The summed E-state index contributed by atoms with van der Waals surface area (Å²) in [6, 6.07) is 19.1. The average Bonchev–Trinajstić information content (AvgIpc) is 3.05. The minimum Gasteiger partial charge on any atom is -0.402 e. The summed E-state index contributed by atoms with van der Waals surface area (Å²) in [5.41, 5.74) is 13.5. The molecule has 1 unspecified atom stereocenters. The number of carbonyl (C=O) groups excluding carboxylic acids is 1. The molecule has 3 aromatic rings. The quantitative estimate of drug-likeness (QED) is 0.215. The van der Waals surface area contributed by atoms with E-state index >= 15 is 0 Å². The van der Waals surface area contributed by atoms with Crippen LogP contribution in [-0.4, -0.2) is 29.3 Å². The van der Waals surface area contributed by atoms with Gasteiger partial charge in [0.05, 0.1) is 5.56 Å². The lowest BCUT2D eigenvalue weighted by Crippen LogP contribution is -2.25. The van der Waals surface area contributed by atoms with E-state index in [9.17, 15) is 4.79 Å². The smallest absolute Gasteiger partial charge is 0.191 e. The SMILES string of the molecule is C/C=C/C=C(/C=C(\N)CCC(C)CCc1ccccc1)c1cccc(/C2=C/C(=O)c3cnc(/C=C/CC)nc3N(C)CC2)c1. The number of aryl methyl sites for hydroxylation is 1. The van der Waals surface area contributed by atoms with E-state index in [2.05, 4.69) is 95.5 Å². The Bertz CT molecular complexity index is 1560. The second-order valence-corrected chi connectivity index (χ2v) is 11.6. The molecular formula is C39H46N4O. The van der Waals surface area contributed by atoms with Crippen LogP contribution in [0.15, 0.2) is 103 Å². The Hall–Kier alpha value is -4.51. The first-order valence-corrected chi connectivity index (χ1v) is 15.8. The lowest BCUT2D eigenvalue weighted by Gasteiger charge is -2.24. The van der Waals surface area contributed by atoms with E-state index in [1.165, 1.54) is 5.56 Å². The fourth-order valence-corrected chi connectivity index (χ4v) is 5.30. The van der Waals surface area contributed by atoms with Crippen molar-refractivity contribution in [3.63, 3.8) is 0 Å². The molecule has 1 aromatic heterocycles. The van der Waals surface area contributed by atoms with Crippen molar-refractivity contribution in [3.8, 4) is 0 Å². The van der Waals surface area contributed by atoms with Crippen molar-refractivity contribution in [2.45, 2.75) is 59.3 Å². The Balaban J connectivity index is 1.52. The number of rotatable bonds is 12. The number of carbonyl (C=O) groups is 1. The highest BCUT2D eigenvalue weighted by Crippen LogP contribution is 2.29. The standard InChI is InChI=1S/C39H46N4O/c1-5-7-15-33(26-35(40)22-20-29(3)19-21-30-13-10-9-11-14-30)31-16-12-17-32(25-31)34-23-24-43(4)39-36(37(44)27-34)28-41-38(42-39)18-8-6-2/h5,7-18,25-29H,6,19-24,40H2,1-4H3/b7-5+,18-8+,33-15-,34-27+,35-26-. The van der Waals surface area contributed by atoms with Gasteiger partial charge in [-0.25, -0.2) is 9.97 Å². The van der Waals surface area contributed by atoms with Crippen LogP contribution in [0.4, 0.5) is 5.82 Å². The summed E-state index contributed by atoms with van der Waals surface area (Å²) in [5.74, 6) is 1.81. The molecule has 0 fully saturated rings. The Kier molecular flexibility index (Phi) is 12.1. The van der Waals surface area contributed by atoms with E-state index in [1.54, 1.807) is 12.3 Å². The van der Waals surface area contributed by atoms with Crippen molar-refractivity contribution in [1.29, 1.82) is 0 Å². The number of hydrogen-bond acceptors (Lipinski definition) is 5. The highest BCUT2D eigenvalue weighted by molar-refractivity contribution is 6.11. The predicted molar refractivity (Wildman–Crippen MR) is 186 cm³/mol. The molecule has 5 nitrogen and oxygen atoms in total. The summed E-state index contributed by atoms with van der Waals surface area (Å²) >= 11 is 0. The number of anilines is 1. The fourth-order valence-electron chi connectivity index (χ4n) is 5.30. The molecule has 0 aliphatic carbocycles. The van der Waals surface area contributed by atoms with Crippen molar-refractivity contribution in [1.82, 2.24) is 9.97 Å². The van der Waals surface area contributed by atoms with Crippen LogP contribution in [0.25, 0.3) is 17.2 Å². The van der Waals surface area contributed by atoms with Crippen molar-refractivity contribution in [2.24, 2.45) is 11.7 Å². The van der Waals surface area contributed by atoms with Gasteiger partial charge in [0.25, 0.3) is 0 Å². The van der Waals surface area contributed by atoms with Crippen LogP contribution in [0.1, 0.15) is 85.7 Å². The monoisotopic (exact) mass is 586 g/mol. The van der Waals surface area contributed by atoms with Gasteiger partial charge in [-0.05, 0) is 103 Å². The Morgan fingerprint density at radius 3 is 2.70 bits per heavy atom. The number of nitrogens with zero attached hydrogens (tertiary/aromatic N) is 3. The largest absolute Gasteiger partial charge is 0.402 e. The number of aromatic nitrogens is 2. The summed E-state index contributed by atoms with van der Waals surface area (Å²) in [6.45, 7) is 7.13. The Labute approximate surface area is 263 Å². The van der Waals surface area contributed by atoms with Gasteiger partial charge in [0.15, 0.2) is 11.6 Å². The minimum atomic E-state index is -0.0758. The molecule has 0 radical (unpaired) electrons. The lowest BCUT2D eigenvalue weighted by molar-refractivity contribution is 0.104. The second kappa shape index (κ2) is 16.4. The van der Waals surface area contributed by atoms with Crippen LogP contribution in [0.5, 0.6) is 0 Å². The van der Waals surface area contributed by atoms with E-state index in [4.69, 9.17) is 5.73 Å². The number of nitrogens with two attached hydrogens (primary N) is 1. The number of ketones is 1. The summed E-state index contributed by atoms with van der Waals surface area (Å²) in [7, 11) is 1.99. The maximum Gasteiger partial charge on any atom is 0.191 e.